The van der Waals surface area contributed by atoms with E-state index in [4.69, 9.17) is 16.9 Å². The second-order valence-electron chi connectivity index (χ2n) is 3.38. The highest BCUT2D eigenvalue weighted by atomic mass is 35.5. The second-order valence-corrected chi connectivity index (χ2v) is 3.71. The molecule has 0 fully saturated rings. The third-order valence-electron chi connectivity index (χ3n) is 2.47. The van der Waals surface area contributed by atoms with Gasteiger partial charge in [0.2, 0.25) is 5.28 Å². The van der Waals surface area contributed by atoms with E-state index in [0.29, 0.717) is 11.3 Å². The van der Waals surface area contributed by atoms with Crippen LogP contribution in [0.3, 0.4) is 0 Å². The summed E-state index contributed by atoms with van der Waals surface area (Å²) < 4.78 is 1.36. The normalized spacial score (nSPS) is 10.1. The standard InChI is InChI=1S/C10H8ClN5/c1-6-3-4-8(5-12)9(7(6)2)16-10(11)13-14-15-16/h3-4H,1-2H3. The first-order valence-corrected chi connectivity index (χ1v) is 4.97. The summed E-state index contributed by atoms with van der Waals surface area (Å²) in [6.45, 7) is 3.86. The molecule has 0 aliphatic heterocycles. The minimum absolute atomic E-state index is 0.144. The van der Waals surface area contributed by atoms with Crippen LogP contribution in [0.4, 0.5) is 0 Å². The Morgan fingerprint density at radius 2 is 2.12 bits per heavy atom. The van der Waals surface area contributed by atoms with Crippen molar-refractivity contribution in [1.82, 2.24) is 20.2 Å². The van der Waals surface area contributed by atoms with E-state index in [1.165, 1.54) is 4.68 Å². The summed E-state index contributed by atoms with van der Waals surface area (Å²) in [5.74, 6) is 0. The molecule has 1 aromatic carbocycles. The summed E-state index contributed by atoms with van der Waals surface area (Å²) in [6, 6.07) is 5.72. The lowest BCUT2D eigenvalue weighted by atomic mass is 10.0. The Balaban J connectivity index is 2.78. The number of benzene rings is 1. The number of hydrogen-bond donors (Lipinski definition) is 0. The first kappa shape index (κ1) is 10.6. The van der Waals surface area contributed by atoms with Gasteiger partial charge in [-0.3, -0.25) is 0 Å². The van der Waals surface area contributed by atoms with Gasteiger partial charge in [-0.1, -0.05) is 11.2 Å². The van der Waals surface area contributed by atoms with Gasteiger partial charge in [0.25, 0.3) is 0 Å². The number of hydrogen-bond acceptors (Lipinski definition) is 4. The Morgan fingerprint density at radius 3 is 2.69 bits per heavy atom. The Morgan fingerprint density at radius 1 is 1.38 bits per heavy atom. The predicted octanol–water partition coefficient (Wildman–Crippen LogP) is 1.80. The Labute approximate surface area is 97.3 Å². The van der Waals surface area contributed by atoms with Crippen LogP contribution in [0.2, 0.25) is 5.28 Å². The molecule has 1 heterocycles. The monoisotopic (exact) mass is 233 g/mol. The van der Waals surface area contributed by atoms with Gasteiger partial charge in [0, 0.05) is 0 Å². The number of aryl methyl sites for hydroxylation is 1. The summed E-state index contributed by atoms with van der Waals surface area (Å²) in [5.41, 5.74) is 3.13. The van der Waals surface area contributed by atoms with Crippen LogP contribution in [0.25, 0.3) is 5.69 Å². The molecule has 0 saturated heterocycles. The molecule has 0 bridgehead atoms. The molecule has 2 aromatic rings. The number of tetrazole rings is 1. The molecule has 0 aliphatic rings. The zero-order chi connectivity index (χ0) is 11.7. The predicted molar refractivity (Wildman–Crippen MR) is 58.4 cm³/mol. The van der Waals surface area contributed by atoms with Crippen molar-refractivity contribution in [1.29, 1.82) is 5.26 Å². The summed E-state index contributed by atoms with van der Waals surface area (Å²) in [7, 11) is 0. The number of nitriles is 1. The van der Waals surface area contributed by atoms with Gasteiger partial charge >= 0.3 is 0 Å². The molecule has 0 spiro atoms. The molecule has 0 N–H and O–H groups in total. The number of rotatable bonds is 1. The van der Waals surface area contributed by atoms with Crippen molar-refractivity contribution >= 4 is 11.6 Å². The van der Waals surface area contributed by atoms with Gasteiger partial charge in [0.15, 0.2) is 0 Å². The minimum atomic E-state index is 0.144. The molecule has 80 valence electrons. The summed E-state index contributed by atoms with van der Waals surface area (Å²) in [6.07, 6.45) is 0. The van der Waals surface area contributed by atoms with Crippen molar-refractivity contribution in [3.63, 3.8) is 0 Å². The minimum Gasteiger partial charge on any atom is -0.192 e. The maximum Gasteiger partial charge on any atom is 0.248 e. The third-order valence-corrected chi connectivity index (χ3v) is 2.70. The number of aromatic nitrogens is 4. The molecule has 0 saturated carbocycles. The highest BCUT2D eigenvalue weighted by Gasteiger charge is 2.14. The van der Waals surface area contributed by atoms with E-state index in [9.17, 15) is 0 Å². The van der Waals surface area contributed by atoms with Crippen LogP contribution in [0, 0.1) is 25.2 Å². The van der Waals surface area contributed by atoms with Gasteiger partial charge in [0.05, 0.1) is 11.3 Å². The average molecular weight is 234 g/mol. The summed E-state index contributed by atoms with van der Waals surface area (Å²) in [5, 5.41) is 20.0. The van der Waals surface area contributed by atoms with E-state index < -0.39 is 0 Å². The van der Waals surface area contributed by atoms with E-state index in [0.717, 1.165) is 11.1 Å². The Kier molecular flexibility index (Phi) is 2.59. The third kappa shape index (κ3) is 1.53. The van der Waals surface area contributed by atoms with E-state index in [1.54, 1.807) is 6.07 Å². The van der Waals surface area contributed by atoms with Gasteiger partial charge in [-0.15, -0.1) is 0 Å². The van der Waals surface area contributed by atoms with Crippen molar-refractivity contribution in [2.45, 2.75) is 13.8 Å². The molecule has 0 amide bonds. The van der Waals surface area contributed by atoms with Crippen molar-refractivity contribution in [2.24, 2.45) is 0 Å². The van der Waals surface area contributed by atoms with Crippen molar-refractivity contribution in [3.05, 3.63) is 34.1 Å². The van der Waals surface area contributed by atoms with Crippen LogP contribution >= 0.6 is 11.6 Å². The molecule has 2 rings (SSSR count). The highest BCUT2D eigenvalue weighted by Crippen LogP contribution is 2.23. The Bertz CT molecular complexity index is 581. The lowest BCUT2D eigenvalue weighted by molar-refractivity contribution is 0.783. The van der Waals surface area contributed by atoms with Crippen LogP contribution < -0.4 is 0 Å². The van der Waals surface area contributed by atoms with Crippen LogP contribution in [-0.4, -0.2) is 20.2 Å². The molecule has 0 radical (unpaired) electrons. The molecule has 0 unspecified atom stereocenters. The lowest BCUT2D eigenvalue weighted by Crippen LogP contribution is -2.04. The lowest BCUT2D eigenvalue weighted by Gasteiger charge is -2.09. The van der Waals surface area contributed by atoms with E-state index >= 15 is 0 Å². The maximum atomic E-state index is 9.05. The number of nitrogens with zero attached hydrogens (tertiary/aromatic N) is 5. The molecule has 1 aromatic heterocycles. The topological polar surface area (TPSA) is 67.4 Å². The van der Waals surface area contributed by atoms with Crippen molar-refractivity contribution in [2.75, 3.05) is 0 Å². The quantitative estimate of drug-likeness (QED) is 0.753. The first-order chi connectivity index (χ1) is 7.65. The molecule has 6 heteroatoms. The maximum absolute atomic E-state index is 9.05. The van der Waals surface area contributed by atoms with Gasteiger partial charge in [-0.25, -0.2) is 0 Å². The molecular formula is C10H8ClN5. The molecule has 0 atom stereocenters. The van der Waals surface area contributed by atoms with Gasteiger partial charge < -0.3 is 0 Å². The summed E-state index contributed by atoms with van der Waals surface area (Å²) >= 11 is 5.85. The van der Waals surface area contributed by atoms with E-state index in [1.807, 2.05) is 19.9 Å². The Hall–Kier alpha value is -1.93. The zero-order valence-electron chi connectivity index (χ0n) is 8.77. The fraction of sp³-hybridized carbons (Fsp3) is 0.200. The van der Waals surface area contributed by atoms with E-state index in [2.05, 4.69) is 21.6 Å². The van der Waals surface area contributed by atoms with Gasteiger partial charge in [-0.05, 0) is 53.1 Å². The molecule has 5 nitrogen and oxygen atoms in total. The zero-order valence-corrected chi connectivity index (χ0v) is 9.52. The van der Waals surface area contributed by atoms with Crippen LogP contribution in [0.5, 0.6) is 0 Å². The SMILES string of the molecule is Cc1ccc(C#N)c(-n2nnnc2Cl)c1C. The summed E-state index contributed by atoms with van der Waals surface area (Å²) in [4.78, 5) is 0. The fourth-order valence-corrected chi connectivity index (χ4v) is 1.63. The van der Waals surface area contributed by atoms with Crippen LogP contribution in [0.15, 0.2) is 12.1 Å². The fourth-order valence-electron chi connectivity index (χ4n) is 1.48. The van der Waals surface area contributed by atoms with Crippen molar-refractivity contribution in [3.8, 4) is 11.8 Å². The average Bonchev–Trinajstić information content (AvgIpc) is 2.68. The van der Waals surface area contributed by atoms with Crippen molar-refractivity contribution < 1.29 is 0 Å². The van der Waals surface area contributed by atoms with Gasteiger partial charge in [-0.2, -0.15) is 9.94 Å². The largest absolute Gasteiger partial charge is 0.248 e. The van der Waals surface area contributed by atoms with Gasteiger partial charge in [0.1, 0.15) is 6.07 Å². The van der Waals surface area contributed by atoms with E-state index in [-0.39, 0.29) is 5.28 Å². The molecule has 16 heavy (non-hydrogen) atoms. The number of halogens is 1. The smallest absolute Gasteiger partial charge is 0.192 e. The van der Waals surface area contributed by atoms with Crippen LogP contribution in [-0.2, 0) is 0 Å². The molecule has 0 aliphatic carbocycles. The molecular weight excluding hydrogens is 226 g/mol. The highest BCUT2D eigenvalue weighted by molar-refractivity contribution is 6.28. The second kappa shape index (κ2) is 3.91. The van der Waals surface area contributed by atoms with Crippen LogP contribution in [0.1, 0.15) is 16.7 Å². The first-order valence-electron chi connectivity index (χ1n) is 4.59.